The summed E-state index contributed by atoms with van der Waals surface area (Å²) in [6.45, 7) is 3.49. The molecule has 0 aliphatic rings. The number of ether oxygens (including phenoxy) is 2. The monoisotopic (exact) mass is 461 g/mol. The van der Waals surface area contributed by atoms with E-state index >= 15 is 0 Å². The Morgan fingerprint density at radius 3 is 2.50 bits per heavy atom. The van der Waals surface area contributed by atoms with Gasteiger partial charge >= 0.3 is 6.18 Å². The maximum Gasteiger partial charge on any atom is 0.416 e. The van der Waals surface area contributed by atoms with Crippen molar-refractivity contribution in [2.75, 3.05) is 33.9 Å². The van der Waals surface area contributed by atoms with Crippen molar-refractivity contribution in [2.45, 2.75) is 19.6 Å². The summed E-state index contributed by atoms with van der Waals surface area (Å²) in [5, 5.41) is 5.82. The van der Waals surface area contributed by atoms with E-state index in [-0.39, 0.29) is 41.8 Å². The third-order valence-electron chi connectivity index (χ3n) is 3.04. The Morgan fingerprint density at radius 1 is 1.25 bits per heavy atom. The highest BCUT2D eigenvalue weighted by atomic mass is 127. The number of alkyl halides is 3. The first-order chi connectivity index (χ1) is 10.9. The van der Waals surface area contributed by atoms with Gasteiger partial charge in [0.1, 0.15) is 5.75 Å². The van der Waals surface area contributed by atoms with Gasteiger partial charge in [-0.05, 0) is 24.6 Å². The number of hydrogen-bond donors (Lipinski definition) is 2. The summed E-state index contributed by atoms with van der Waals surface area (Å²) < 4.78 is 49.4. The molecule has 1 rings (SSSR count). The smallest absolute Gasteiger partial charge is 0.416 e. The molecule has 5 nitrogen and oxygen atoms in total. The lowest BCUT2D eigenvalue weighted by atomic mass is 10.1. The van der Waals surface area contributed by atoms with Crippen LogP contribution in [0.25, 0.3) is 0 Å². The zero-order valence-corrected chi connectivity index (χ0v) is 16.2. The molecule has 0 heterocycles. The van der Waals surface area contributed by atoms with Crippen LogP contribution in [0.4, 0.5) is 13.2 Å². The Labute approximate surface area is 157 Å². The van der Waals surface area contributed by atoms with Crippen molar-refractivity contribution in [2.24, 2.45) is 4.99 Å². The fourth-order valence-electron chi connectivity index (χ4n) is 1.89. The average Bonchev–Trinajstić information content (AvgIpc) is 2.53. The van der Waals surface area contributed by atoms with Crippen molar-refractivity contribution in [3.8, 4) is 5.75 Å². The first-order valence-corrected chi connectivity index (χ1v) is 7.18. The summed E-state index contributed by atoms with van der Waals surface area (Å²) in [5.74, 6) is 0.578. The highest BCUT2D eigenvalue weighted by molar-refractivity contribution is 14.0. The van der Waals surface area contributed by atoms with E-state index in [0.717, 1.165) is 6.07 Å². The van der Waals surface area contributed by atoms with E-state index in [9.17, 15) is 13.2 Å². The minimum absolute atomic E-state index is 0. The van der Waals surface area contributed by atoms with Gasteiger partial charge in [0.05, 0.1) is 19.3 Å². The van der Waals surface area contributed by atoms with E-state index in [2.05, 4.69) is 15.6 Å². The van der Waals surface area contributed by atoms with Gasteiger partial charge < -0.3 is 20.1 Å². The zero-order valence-electron chi connectivity index (χ0n) is 13.9. The summed E-state index contributed by atoms with van der Waals surface area (Å²) in [4.78, 5) is 3.96. The van der Waals surface area contributed by atoms with Crippen molar-refractivity contribution >= 4 is 29.9 Å². The van der Waals surface area contributed by atoms with Gasteiger partial charge in [-0.3, -0.25) is 4.99 Å². The van der Waals surface area contributed by atoms with Crippen molar-refractivity contribution in [3.05, 3.63) is 29.3 Å². The van der Waals surface area contributed by atoms with Crippen LogP contribution in [-0.4, -0.2) is 39.9 Å². The van der Waals surface area contributed by atoms with Crippen LogP contribution in [0.5, 0.6) is 5.75 Å². The number of methoxy groups -OCH3 is 1. The molecular formula is C15H23F3IN3O2. The number of rotatable bonds is 7. The number of nitrogens with one attached hydrogen (secondary N) is 2. The summed E-state index contributed by atoms with van der Waals surface area (Å²) in [6.07, 6.45) is -4.45. The van der Waals surface area contributed by atoms with Gasteiger partial charge in [0.25, 0.3) is 0 Å². The Bertz CT molecular complexity index is 525. The van der Waals surface area contributed by atoms with Gasteiger partial charge in [0, 0.05) is 26.7 Å². The number of hydrogen-bond acceptors (Lipinski definition) is 3. The molecule has 0 unspecified atom stereocenters. The second-order valence-corrected chi connectivity index (χ2v) is 4.57. The summed E-state index contributed by atoms with van der Waals surface area (Å²) in [7, 11) is 2.88. The third-order valence-corrected chi connectivity index (χ3v) is 3.04. The molecule has 0 saturated carbocycles. The number of aliphatic imine (C=N–C) groups is 1. The first kappa shape index (κ1) is 22.8. The lowest BCUT2D eigenvalue weighted by Gasteiger charge is -2.16. The molecule has 1 aromatic carbocycles. The molecule has 2 N–H and O–H groups in total. The predicted octanol–water partition coefficient (Wildman–Crippen LogP) is 3.03. The van der Waals surface area contributed by atoms with E-state index in [1.54, 1.807) is 7.05 Å². The molecule has 0 aliphatic heterocycles. The predicted molar refractivity (Wildman–Crippen MR) is 98.1 cm³/mol. The largest absolute Gasteiger partial charge is 0.497 e. The van der Waals surface area contributed by atoms with Gasteiger partial charge in [0.2, 0.25) is 0 Å². The summed E-state index contributed by atoms with van der Waals surface area (Å²) in [5.41, 5.74) is -0.611. The van der Waals surface area contributed by atoms with Crippen molar-refractivity contribution in [3.63, 3.8) is 0 Å². The minimum atomic E-state index is -4.45. The normalized spacial score (nSPS) is 11.7. The Morgan fingerprint density at radius 2 is 1.96 bits per heavy atom. The lowest BCUT2D eigenvalue weighted by Crippen LogP contribution is -2.38. The molecule has 1 aromatic rings. The van der Waals surface area contributed by atoms with Gasteiger partial charge in [-0.2, -0.15) is 13.2 Å². The highest BCUT2D eigenvalue weighted by Crippen LogP contribution is 2.34. The van der Waals surface area contributed by atoms with Crippen LogP contribution in [0.15, 0.2) is 23.2 Å². The molecule has 138 valence electrons. The van der Waals surface area contributed by atoms with Gasteiger partial charge in [-0.1, -0.05) is 6.07 Å². The SMILES string of the molecule is CCOCCNC(=NC)NCc1ccc(OC)cc1C(F)(F)F.I. The van der Waals surface area contributed by atoms with E-state index in [0.29, 0.717) is 25.7 Å². The minimum Gasteiger partial charge on any atom is -0.497 e. The molecule has 0 fully saturated rings. The maximum absolute atomic E-state index is 13.1. The molecule has 0 spiro atoms. The van der Waals surface area contributed by atoms with E-state index < -0.39 is 11.7 Å². The van der Waals surface area contributed by atoms with Crippen LogP contribution in [0.3, 0.4) is 0 Å². The molecule has 0 atom stereocenters. The van der Waals surface area contributed by atoms with E-state index in [1.165, 1.54) is 19.2 Å². The average molecular weight is 461 g/mol. The number of guanidine groups is 1. The summed E-state index contributed by atoms with van der Waals surface area (Å²) in [6, 6.07) is 3.88. The number of nitrogens with zero attached hydrogens (tertiary/aromatic N) is 1. The van der Waals surface area contributed by atoms with Crippen LogP contribution < -0.4 is 15.4 Å². The Balaban J connectivity index is 0.00000529. The summed E-state index contributed by atoms with van der Waals surface area (Å²) >= 11 is 0. The van der Waals surface area contributed by atoms with Gasteiger partial charge in [0.15, 0.2) is 5.96 Å². The molecular weight excluding hydrogens is 438 g/mol. The second-order valence-electron chi connectivity index (χ2n) is 4.57. The van der Waals surface area contributed by atoms with Crippen LogP contribution in [0.1, 0.15) is 18.1 Å². The molecule has 0 bridgehead atoms. The zero-order chi connectivity index (χ0) is 17.3. The van der Waals surface area contributed by atoms with Gasteiger partial charge in [-0.25, -0.2) is 0 Å². The Kier molecular flexibility index (Phi) is 10.8. The number of benzene rings is 1. The van der Waals surface area contributed by atoms with Crippen molar-refractivity contribution in [1.29, 1.82) is 0 Å². The highest BCUT2D eigenvalue weighted by Gasteiger charge is 2.33. The fourth-order valence-corrected chi connectivity index (χ4v) is 1.89. The molecule has 9 heteroatoms. The first-order valence-electron chi connectivity index (χ1n) is 7.18. The van der Waals surface area contributed by atoms with Crippen molar-refractivity contribution < 1.29 is 22.6 Å². The van der Waals surface area contributed by atoms with E-state index in [1.807, 2.05) is 6.92 Å². The molecule has 0 amide bonds. The molecule has 0 aromatic heterocycles. The standard InChI is InChI=1S/C15H22F3N3O2.HI/c1-4-23-8-7-20-14(19-2)21-10-11-5-6-12(22-3)9-13(11)15(16,17)18;/h5-6,9H,4,7-8,10H2,1-3H3,(H2,19,20,21);1H. The topological polar surface area (TPSA) is 54.9 Å². The van der Waals surface area contributed by atoms with Crippen LogP contribution in [0, 0.1) is 0 Å². The molecule has 24 heavy (non-hydrogen) atoms. The Hall–Kier alpha value is -1.23. The molecule has 0 radical (unpaired) electrons. The number of halogens is 4. The van der Waals surface area contributed by atoms with Crippen LogP contribution in [-0.2, 0) is 17.5 Å². The van der Waals surface area contributed by atoms with Crippen LogP contribution in [0.2, 0.25) is 0 Å². The van der Waals surface area contributed by atoms with Crippen LogP contribution >= 0.6 is 24.0 Å². The fraction of sp³-hybridized carbons (Fsp3) is 0.533. The lowest BCUT2D eigenvalue weighted by molar-refractivity contribution is -0.138. The van der Waals surface area contributed by atoms with Gasteiger partial charge in [-0.15, -0.1) is 24.0 Å². The molecule has 0 aliphatic carbocycles. The maximum atomic E-state index is 13.1. The quantitative estimate of drug-likeness (QED) is 0.284. The second kappa shape index (κ2) is 11.3. The third kappa shape index (κ3) is 7.56. The molecule has 0 saturated heterocycles. The van der Waals surface area contributed by atoms with Crippen molar-refractivity contribution in [1.82, 2.24) is 10.6 Å². The van der Waals surface area contributed by atoms with E-state index in [4.69, 9.17) is 9.47 Å².